The molecule has 1 fully saturated rings. The number of phenolic OH excluding ortho intramolecular Hbond substituents is 2. The number of piperidine rings is 1. The van der Waals surface area contributed by atoms with Gasteiger partial charge in [-0.2, -0.15) is 13.2 Å². The minimum atomic E-state index is -4.66. The van der Waals surface area contributed by atoms with Gasteiger partial charge in [0.15, 0.2) is 0 Å². The van der Waals surface area contributed by atoms with E-state index in [9.17, 15) is 23.4 Å². The molecule has 1 aromatic carbocycles. The maximum absolute atomic E-state index is 12.7. The van der Waals surface area contributed by atoms with Crippen LogP contribution in [0.25, 0.3) is 0 Å². The summed E-state index contributed by atoms with van der Waals surface area (Å²) in [6.07, 6.45) is -3.37. The second-order valence-corrected chi connectivity index (χ2v) is 4.45. The third-order valence-electron chi connectivity index (χ3n) is 3.21. The first-order chi connectivity index (χ1) is 8.39. The molecular weight excluding hydrogens is 247 g/mol. The van der Waals surface area contributed by atoms with Gasteiger partial charge in [-0.15, -0.1) is 0 Å². The van der Waals surface area contributed by atoms with Gasteiger partial charge in [0.25, 0.3) is 0 Å². The lowest BCUT2D eigenvalue weighted by Crippen LogP contribution is -2.26. The lowest BCUT2D eigenvalue weighted by atomic mass is 9.88. The van der Waals surface area contributed by atoms with Gasteiger partial charge in [-0.25, -0.2) is 0 Å². The van der Waals surface area contributed by atoms with Gasteiger partial charge >= 0.3 is 6.18 Å². The molecule has 0 aromatic heterocycles. The molecule has 1 aliphatic rings. The summed E-state index contributed by atoms with van der Waals surface area (Å²) in [7, 11) is 0. The molecule has 100 valence electrons. The topological polar surface area (TPSA) is 52.5 Å². The summed E-state index contributed by atoms with van der Waals surface area (Å²) in [4.78, 5) is 0. The summed E-state index contributed by atoms with van der Waals surface area (Å²) in [5.41, 5.74) is -0.986. The van der Waals surface area contributed by atoms with Crippen LogP contribution in [0.2, 0.25) is 0 Å². The van der Waals surface area contributed by atoms with E-state index in [1.807, 2.05) is 0 Å². The standard InChI is InChI=1S/C12H14F3NO2/c13-12(14,15)10-6-8(17)5-9(11(10)18)7-1-3-16-4-2-7/h5-7,16-18H,1-4H2. The van der Waals surface area contributed by atoms with Crippen molar-refractivity contribution in [1.82, 2.24) is 5.32 Å². The molecule has 6 heteroatoms. The molecule has 0 amide bonds. The Labute approximate surface area is 102 Å². The van der Waals surface area contributed by atoms with E-state index in [4.69, 9.17) is 0 Å². The zero-order valence-corrected chi connectivity index (χ0v) is 9.59. The molecule has 0 atom stereocenters. The Morgan fingerprint density at radius 2 is 1.72 bits per heavy atom. The molecule has 18 heavy (non-hydrogen) atoms. The smallest absolute Gasteiger partial charge is 0.420 e. The molecule has 0 spiro atoms. The average molecular weight is 261 g/mol. The highest BCUT2D eigenvalue weighted by atomic mass is 19.4. The van der Waals surface area contributed by atoms with Crippen LogP contribution in [0.5, 0.6) is 11.5 Å². The normalized spacial score (nSPS) is 17.9. The van der Waals surface area contributed by atoms with Crippen LogP contribution < -0.4 is 5.32 Å². The molecule has 0 saturated carbocycles. The fourth-order valence-corrected chi connectivity index (χ4v) is 2.30. The number of hydrogen-bond donors (Lipinski definition) is 3. The second-order valence-electron chi connectivity index (χ2n) is 4.45. The van der Waals surface area contributed by atoms with Crippen LogP contribution in [0.15, 0.2) is 12.1 Å². The molecule has 1 saturated heterocycles. The minimum absolute atomic E-state index is 0.153. The quantitative estimate of drug-likeness (QED) is 0.681. The first-order valence-corrected chi connectivity index (χ1v) is 5.73. The highest BCUT2D eigenvalue weighted by Gasteiger charge is 2.36. The van der Waals surface area contributed by atoms with Crippen molar-refractivity contribution in [1.29, 1.82) is 0 Å². The highest BCUT2D eigenvalue weighted by Crippen LogP contribution is 2.43. The van der Waals surface area contributed by atoms with Gasteiger partial charge in [-0.3, -0.25) is 0 Å². The molecular formula is C12H14F3NO2. The minimum Gasteiger partial charge on any atom is -0.508 e. The highest BCUT2D eigenvalue weighted by molar-refractivity contribution is 5.49. The van der Waals surface area contributed by atoms with Crippen LogP contribution in [-0.2, 0) is 6.18 Å². The predicted molar refractivity (Wildman–Crippen MR) is 59.6 cm³/mol. The summed E-state index contributed by atoms with van der Waals surface area (Å²) < 4.78 is 38.1. The summed E-state index contributed by atoms with van der Waals surface area (Å²) in [5.74, 6) is -1.37. The van der Waals surface area contributed by atoms with E-state index in [-0.39, 0.29) is 11.5 Å². The van der Waals surface area contributed by atoms with Crippen LogP contribution >= 0.6 is 0 Å². The first-order valence-electron chi connectivity index (χ1n) is 5.73. The van der Waals surface area contributed by atoms with E-state index in [1.165, 1.54) is 6.07 Å². The number of alkyl halides is 3. The molecule has 0 bridgehead atoms. The Kier molecular flexibility index (Phi) is 3.38. The predicted octanol–water partition coefficient (Wildman–Crippen LogP) is 2.58. The van der Waals surface area contributed by atoms with Crippen molar-refractivity contribution in [3.63, 3.8) is 0 Å². The number of rotatable bonds is 1. The molecule has 3 nitrogen and oxygen atoms in total. The number of nitrogens with one attached hydrogen (secondary N) is 1. The van der Waals surface area contributed by atoms with E-state index >= 15 is 0 Å². The Hall–Kier alpha value is -1.43. The van der Waals surface area contributed by atoms with Crippen molar-refractivity contribution in [3.05, 3.63) is 23.3 Å². The van der Waals surface area contributed by atoms with Crippen LogP contribution in [0.3, 0.4) is 0 Å². The monoisotopic (exact) mass is 261 g/mol. The van der Waals surface area contributed by atoms with Gasteiger partial charge in [0, 0.05) is 5.56 Å². The van der Waals surface area contributed by atoms with Crippen molar-refractivity contribution in [2.24, 2.45) is 0 Å². The zero-order chi connectivity index (χ0) is 13.3. The van der Waals surface area contributed by atoms with E-state index in [2.05, 4.69) is 5.32 Å². The van der Waals surface area contributed by atoms with Crippen molar-refractivity contribution in [3.8, 4) is 11.5 Å². The molecule has 1 heterocycles. The number of benzene rings is 1. The number of phenols is 2. The fraction of sp³-hybridized carbons (Fsp3) is 0.500. The van der Waals surface area contributed by atoms with Crippen molar-refractivity contribution >= 4 is 0 Å². The Morgan fingerprint density at radius 3 is 2.28 bits per heavy atom. The average Bonchev–Trinajstić information content (AvgIpc) is 2.31. The van der Waals surface area contributed by atoms with Crippen molar-refractivity contribution in [2.75, 3.05) is 13.1 Å². The first kappa shape index (κ1) is 13.0. The molecule has 3 N–H and O–H groups in total. The van der Waals surface area contributed by atoms with Crippen LogP contribution in [-0.4, -0.2) is 23.3 Å². The Balaban J connectivity index is 2.44. The van der Waals surface area contributed by atoms with Gasteiger partial charge in [0.1, 0.15) is 17.1 Å². The largest absolute Gasteiger partial charge is 0.508 e. The summed E-state index contributed by atoms with van der Waals surface area (Å²) in [6.45, 7) is 1.39. The Bertz CT molecular complexity index is 440. The summed E-state index contributed by atoms with van der Waals surface area (Å²) >= 11 is 0. The van der Waals surface area contributed by atoms with E-state index in [1.54, 1.807) is 0 Å². The van der Waals surface area contributed by atoms with Gasteiger partial charge in [0.2, 0.25) is 0 Å². The molecule has 1 aliphatic heterocycles. The third-order valence-corrected chi connectivity index (χ3v) is 3.21. The van der Waals surface area contributed by atoms with E-state index in [0.717, 1.165) is 0 Å². The lowest BCUT2D eigenvalue weighted by Gasteiger charge is -2.25. The van der Waals surface area contributed by atoms with Gasteiger partial charge < -0.3 is 15.5 Å². The maximum atomic E-state index is 12.7. The summed E-state index contributed by atoms with van der Waals surface area (Å²) in [6, 6.07) is 1.78. The molecule has 1 aromatic rings. The molecule has 0 unspecified atom stereocenters. The SMILES string of the molecule is Oc1cc(C2CCNCC2)c(O)c(C(F)(F)F)c1. The van der Waals surface area contributed by atoms with Gasteiger partial charge in [-0.1, -0.05) is 0 Å². The molecule has 2 rings (SSSR count). The lowest BCUT2D eigenvalue weighted by molar-refractivity contribution is -0.139. The third kappa shape index (κ3) is 2.53. The van der Waals surface area contributed by atoms with Gasteiger partial charge in [-0.05, 0) is 44.0 Å². The number of aromatic hydroxyl groups is 2. The van der Waals surface area contributed by atoms with Crippen molar-refractivity contribution < 1.29 is 23.4 Å². The molecule has 0 aliphatic carbocycles. The van der Waals surface area contributed by atoms with Gasteiger partial charge in [0.05, 0.1) is 0 Å². The summed E-state index contributed by atoms with van der Waals surface area (Å²) in [5, 5.41) is 22.2. The number of halogens is 3. The molecule has 0 radical (unpaired) electrons. The van der Waals surface area contributed by atoms with Crippen molar-refractivity contribution in [2.45, 2.75) is 24.9 Å². The fourth-order valence-electron chi connectivity index (χ4n) is 2.30. The van der Waals surface area contributed by atoms with Crippen LogP contribution in [0.1, 0.15) is 29.9 Å². The maximum Gasteiger partial charge on any atom is 0.420 e. The zero-order valence-electron chi connectivity index (χ0n) is 9.59. The van der Waals surface area contributed by atoms with E-state index in [0.29, 0.717) is 32.0 Å². The van der Waals surface area contributed by atoms with Crippen LogP contribution in [0, 0.1) is 0 Å². The van der Waals surface area contributed by atoms with E-state index < -0.39 is 23.2 Å². The second kappa shape index (κ2) is 4.68. The van der Waals surface area contributed by atoms with Crippen LogP contribution in [0.4, 0.5) is 13.2 Å². The number of hydrogen-bond acceptors (Lipinski definition) is 3. The Morgan fingerprint density at radius 1 is 1.11 bits per heavy atom.